The van der Waals surface area contributed by atoms with Crippen molar-refractivity contribution in [3.63, 3.8) is 0 Å². The molecule has 0 radical (unpaired) electrons. The lowest BCUT2D eigenvalue weighted by molar-refractivity contribution is 1.06. The highest BCUT2D eigenvalue weighted by Crippen LogP contribution is 2.07. The van der Waals surface area contributed by atoms with Crippen molar-refractivity contribution in [1.29, 1.82) is 5.26 Å². The normalized spacial score (nSPS) is 8.42. The molecule has 0 aromatic heterocycles. The van der Waals surface area contributed by atoms with E-state index in [0.29, 0.717) is 12.1 Å². The first kappa shape index (κ1) is 11.0. The van der Waals surface area contributed by atoms with Gasteiger partial charge in [0.2, 0.25) is 0 Å². The molecule has 3 heteroatoms. The minimum absolute atomic E-state index is 0. The van der Waals surface area contributed by atoms with Crippen LogP contribution in [-0.2, 0) is 6.54 Å². The van der Waals surface area contributed by atoms with Gasteiger partial charge in [-0.2, -0.15) is 5.26 Å². The number of benzene rings is 1. The van der Waals surface area contributed by atoms with Crippen LogP contribution in [0.2, 0.25) is 0 Å². The van der Waals surface area contributed by atoms with Crippen molar-refractivity contribution in [2.75, 3.05) is 0 Å². The van der Waals surface area contributed by atoms with Crippen molar-refractivity contribution in [3.8, 4) is 6.07 Å². The molecular formula is C9H11ClN2. The maximum Gasteiger partial charge on any atom is 0.0991 e. The molecule has 0 saturated heterocycles. The van der Waals surface area contributed by atoms with Crippen LogP contribution < -0.4 is 5.73 Å². The van der Waals surface area contributed by atoms with Crippen LogP contribution in [0.4, 0.5) is 0 Å². The molecule has 0 spiro atoms. The summed E-state index contributed by atoms with van der Waals surface area (Å²) in [5.41, 5.74) is 8.22. The average molecular weight is 183 g/mol. The van der Waals surface area contributed by atoms with Crippen molar-refractivity contribution in [3.05, 3.63) is 34.9 Å². The van der Waals surface area contributed by atoms with E-state index in [2.05, 4.69) is 6.07 Å². The van der Waals surface area contributed by atoms with Gasteiger partial charge in [-0.25, -0.2) is 0 Å². The van der Waals surface area contributed by atoms with Gasteiger partial charge in [-0.1, -0.05) is 6.07 Å². The van der Waals surface area contributed by atoms with Gasteiger partial charge >= 0.3 is 0 Å². The molecule has 0 heterocycles. The molecule has 0 aliphatic rings. The van der Waals surface area contributed by atoms with Crippen molar-refractivity contribution in [2.24, 2.45) is 5.73 Å². The van der Waals surface area contributed by atoms with E-state index in [1.54, 1.807) is 0 Å². The van der Waals surface area contributed by atoms with Crippen molar-refractivity contribution in [1.82, 2.24) is 0 Å². The van der Waals surface area contributed by atoms with Gasteiger partial charge in [-0.05, 0) is 30.2 Å². The molecular weight excluding hydrogens is 172 g/mol. The van der Waals surface area contributed by atoms with Crippen LogP contribution in [0.1, 0.15) is 16.7 Å². The Kier molecular flexibility index (Phi) is 4.35. The maximum absolute atomic E-state index is 8.59. The molecule has 64 valence electrons. The molecule has 2 N–H and O–H groups in total. The van der Waals surface area contributed by atoms with Crippen LogP contribution >= 0.6 is 12.4 Å². The zero-order valence-electron chi connectivity index (χ0n) is 6.87. The molecule has 0 amide bonds. The molecule has 0 unspecified atom stereocenters. The predicted molar refractivity (Wildman–Crippen MR) is 51.0 cm³/mol. The summed E-state index contributed by atoms with van der Waals surface area (Å²) < 4.78 is 0. The minimum Gasteiger partial charge on any atom is -0.326 e. The summed E-state index contributed by atoms with van der Waals surface area (Å²) in [4.78, 5) is 0. The number of hydrogen-bond acceptors (Lipinski definition) is 2. The quantitative estimate of drug-likeness (QED) is 0.720. The highest BCUT2D eigenvalue weighted by atomic mass is 35.5. The van der Waals surface area contributed by atoms with Crippen molar-refractivity contribution in [2.45, 2.75) is 13.5 Å². The third-order valence-corrected chi connectivity index (χ3v) is 1.50. The van der Waals surface area contributed by atoms with Crippen LogP contribution in [0.15, 0.2) is 18.2 Å². The monoisotopic (exact) mass is 182 g/mol. The van der Waals surface area contributed by atoms with E-state index in [1.807, 2.05) is 25.1 Å². The van der Waals surface area contributed by atoms with Gasteiger partial charge in [-0.3, -0.25) is 0 Å². The average Bonchev–Trinajstić information content (AvgIpc) is 2.03. The zero-order chi connectivity index (χ0) is 8.27. The Morgan fingerprint density at radius 1 is 1.42 bits per heavy atom. The van der Waals surface area contributed by atoms with Crippen LogP contribution in [0.5, 0.6) is 0 Å². The number of nitriles is 1. The first-order chi connectivity index (χ1) is 5.26. The van der Waals surface area contributed by atoms with Crippen LogP contribution in [0, 0.1) is 18.3 Å². The van der Waals surface area contributed by atoms with E-state index in [0.717, 1.165) is 11.1 Å². The Morgan fingerprint density at radius 2 is 2.08 bits per heavy atom. The molecule has 1 aromatic rings. The fourth-order valence-electron chi connectivity index (χ4n) is 1.04. The van der Waals surface area contributed by atoms with Gasteiger partial charge in [0.1, 0.15) is 0 Å². The fraction of sp³-hybridized carbons (Fsp3) is 0.222. The summed E-state index contributed by atoms with van der Waals surface area (Å²) in [6.07, 6.45) is 0. The Labute approximate surface area is 78.4 Å². The Bertz CT molecular complexity index is 302. The highest BCUT2D eigenvalue weighted by molar-refractivity contribution is 5.85. The van der Waals surface area contributed by atoms with Gasteiger partial charge < -0.3 is 5.73 Å². The summed E-state index contributed by atoms with van der Waals surface area (Å²) >= 11 is 0. The Hall–Kier alpha value is -1.04. The molecule has 0 saturated carbocycles. The first-order valence-corrected chi connectivity index (χ1v) is 3.47. The van der Waals surface area contributed by atoms with Crippen LogP contribution in [0.25, 0.3) is 0 Å². The van der Waals surface area contributed by atoms with Gasteiger partial charge in [0.15, 0.2) is 0 Å². The zero-order valence-corrected chi connectivity index (χ0v) is 7.69. The standard InChI is InChI=1S/C9H10N2.ClH/c1-7-2-8(5-10)4-9(3-7)6-11;/h2-4H,5,10H2,1H3;1H. The minimum atomic E-state index is 0. The van der Waals surface area contributed by atoms with Gasteiger partial charge in [0, 0.05) is 6.54 Å². The lowest BCUT2D eigenvalue weighted by atomic mass is 10.1. The summed E-state index contributed by atoms with van der Waals surface area (Å²) in [7, 11) is 0. The largest absolute Gasteiger partial charge is 0.326 e. The van der Waals surface area contributed by atoms with Gasteiger partial charge in [0.05, 0.1) is 11.6 Å². The smallest absolute Gasteiger partial charge is 0.0991 e. The number of halogens is 1. The second kappa shape index (κ2) is 4.76. The Balaban J connectivity index is 0.00000121. The summed E-state index contributed by atoms with van der Waals surface area (Å²) in [6, 6.07) is 7.73. The van der Waals surface area contributed by atoms with E-state index in [9.17, 15) is 0 Å². The summed E-state index contributed by atoms with van der Waals surface area (Å²) in [6.45, 7) is 2.45. The number of nitrogens with zero attached hydrogens (tertiary/aromatic N) is 1. The van der Waals surface area contributed by atoms with E-state index in [-0.39, 0.29) is 12.4 Å². The summed E-state index contributed by atoms with van der Waals surface area (Å²) in [5, 5.41) is 8.59. The number of nitrogens with two attached hydrogens (primary N) is 1. The van der Waals surface area contributed by atoms with Crippen molar-refractivity contribution < 1.29 is 0 Å². The van der Waals surface area contributed by atoms with E-state index >= 15 is 0 Å². The van der Waals surface area contributed by atoms with Crippen LogP contribution in [-0.4, -0.2) is 0 Å². The SMILES string of the molecule is Cc1cc(C#N)cc(CN)c1.Cl. The highest BCUT2D eigenvalue weighted by Gasteiger charge is 1.94. The van der Waals surface area contributed by atoms with E-state index in [4.69, 9.17) is 11.0 Å². The van der Waals surface area contributed by atoms with Crippen LogP contribution in [0.3, 0.4) is 0 Å². The third-order valence-electron chi connectivity index (χ3n) is 1.50. The molecule has 2 nitrogen and oxygen atoms in total. The summed E-state index contributed by atoms with van der Waals surface area (Å²) in [5.74, 6) is 0. The lowest BCUT2D eigenvalue weighted by Crippen LogP contribution is -1.97. The molecule has 0 aliphatic carbocycles. The third kappa shape index (κ3) is 2.54. The van der Waals surface area contributed by atoms with E-state index in [1.165, 1.54) is 0 Å². The molecule has 0 bridgehead atoms. The topological polar surface area (TPSA) is 49.8 Å². The fourth-order valence-corrected chi connectivity index (χ4v) is 1.04. The maximum atomic E-state index is 8.59. The second-order valence-electron chi connectivity index (χ2n) is 2.52. The first-order valence-electron chi connectivity index (χ1n) is 3.47. The molecule has 1 aromatic carbocycles. The van der Waals surface area contributed by atoms with Gasteiger partial charge in [0.25, 0.3) is 0 Å². The number of aryl methyl sites for hydroxylation is 1. The predicted octanol–water partition coefficient (Wildman–Crippen LogP) is 1.75. The second-order valence-corrected chi connectivity index (χ2v) is 2.52. The van der Waals surface area contributed by atoms with Crippen molar-refractivity contribution >= 4 is 12.4 Å². The molecule has 0 fully saturated rings. The molecule has 0 atom stereocenters. The molecule has 1 rings (SSSR count). The molecule has 0 aliphatic heterocycles. The molecule has 12 heavy (non-hydrogen) atoms. The number of hydrogen-bond donors (Lipinski definition) is 1. The Morgan fingerprint density at radius 3 is 2.58 bits per heavy atom. The number of rotatable bonds is 1. The van der Waals surface area contributed by atoms with Gasteiger partial charge in [-0.15, -0.1) is 12.4 Å². The van der Waals surface area contributed by atoms with E-state index < -0.39 is 0 Å². The lowest BCUT2D eigenvalue weighted by Gasteiger charge is -1.98.